The largest absolute Gasteiger partial charge is 0.492 e. The zero-order chi connectivity index (χ0) is 18.9. The normalized spacial score (nSPS) is 14.4. The number of rotatable bonds is 4. The van der Waals surface area contributed by atoms with E-state index in [0.717, 1.165) is 33.3 Å². The number of fused-ring (bicyclic) bond motifs is 2. The Morgan fingerprint density at radius 3 is 2.89 bits per heavy atom. The predicted octanol–water partition coefficient (Wildman–Crippen LogP) is 4.30. The molecule has 7 nitrogen and oxygen atoms in total. The standard InChI is InChI=1S/C21H16N6O/c28-20-19(9-13-10-22-17-7-3-1-5-15(13)17)25-21(26-20)27-24-12-14-11-23-18-8-4-2-6-16(14)18/h1-12,23,28H,(H2,25,26,27)/b13-9?,24-12+. The van der Waals surface area contributed by atoms with Crippen LogP contribution in [0, 0.1) is 0 Å². The number of allylic oxidation sites excluding steroid dienone is 1. The van der Waals surface area contributed by atoms with Crippen molar-refractivity contribution in [1.82, 2.24) is 15.0 Å². The first-order valence-corrected chi connectivity index (χ1v) is 8.77. The number of hydrazone groups is 1. The van der Waals surface area contributed by atoms with E-state index in [2.05, 4.69) is 30.5 Å². The van der Waals surface area contributed by atoms with Gasteiger partial charge in [-0.15, -0.1) is 0 Å². The van der Waals surface area contributed by atoms with Crippen LogP contribution in [0.25, 0.3) is 22.6 Å². The van der Waals surface area contributed by atoms with Gasteiger partial charge in [0.15, 0.2) is 0 Å². The molecule has 0 amide bonds. The van der Waals surface area contributed by atoms with E-state index in [4.69, 9.17) is 0 Å². The molecule has 0 aliphatic carbocycles. The van der Waals surface area contributed by atoms with E-state index in [1.165, 1.54) is 0 Å². The Balaban J connectivity index is 1.36. The second kappa shape index (κ2) is 6.55. The van der Waals surface area contributed by atoms with Crippen LogP contribution in [0.15, 0.2) is 64.8 Å². The lowest BCUT2D eigenvalue weighted by Crippen LogP contribution is -1.92. The summed E-state index contributed by atoms with van der Waals surface area (Å²) in [5.41, 5.74) is 8.15. The molecule has 0 fully saturated rings. The summed E-state index contributed by atoms with van der Waals surface area (Å²) in [5.74, 6) is 0.249. The van der Waals surface area contributed by atoms with Crippen LogP contribution in [0.4, 0.5) is 11.6 Å². The summed E-state index contributed by atoms with van der Waals surface area (Å²) in [7, 11) is 0. The van der Waals surface area contributed by atoms with Crippen molar-refractivity contribution >= 4 is 46.6 Å². The summed E-state index contributed by atoms with van der Waals surface area (Å²) in [6.07, 6.45) is 7.18. The van der Waals surface area contributed by atoms with Crippen LogP contribution in [0.3, 0.4) is 0 Å². The number of imidazole rings is 1. The fraction of sp³-hybridized carbons (Fsp3) is 0. The van der Waals surface area contributed by atoms with E-state index in [1.807, 2.05) is 60.8 Å². The molecule has 0 atom stereocenters. The van der Waals surface area contributed by atoms with Crippen molar-refractivity contribution in [3.63, 3.8) is 0 Å². The maximum atomic E-state index is 10.1. The summed E-state index contributed by atoms with van der Waals surface area (Å²) in [6.45, 7) is 0. The van der Waals surface area contributed by atoms with E-state index in [1.54, 1.807) is 12.4 Å². The van der Waals surface area contributed by atoms with E-state index < -0.39 is 0 Å². The highest BCUT2D eigenvalue weighted by Gasteiger charge is 2.13. The van der Waals surface area contributed by atoms with E-state index in [-0.39, 0.29) is 5.88 Å². The number of aromatic nitrogens is 3. The molecule has 0 unspecified atom stereocenters. The average molecular weight is 368 g/mol. The van der Waals surface area contributed by atoms with Gasteiger partial charge in [0.05, 0.1) is 11.9 Å². The fourth-order valence-electron chi connectivity index (χ4n) is 3.20. The lowest BCUT2D eigenvalue weighted by Gasteiger charge is -1.98. The molecule has 2 aromatic carbocycles. The minimum Gasteiger partial charge on any atom is -0.492 e. The van der Waals surface area contributed by atoms with Gasteiger partial charge >= 0.3 is 0 Å². The van der Waals surface area contributed by atoms with E-state index >= 15 is 0 Å². The maximum Gasteiger partial charge on any atom is 0.238 e. The van der Waals surface area contributed by atoms with Gasteiger partial charge in [-0.3, -0.25) is 4.99 Å². The molecule has 0 saturated carbocycles. The van der Waals surface area contributed by atoms with Crippen molar-refractivity contribution in [2.24, 2.45) is 10.1 Å². The summed E-state index contributed by atoms with van der Waals surface area (Å²) in [6, 6.07) is 15.8. The Bertz CT molecular complexity index is 1260. The van der Waals surface area contributed by atoms with Crippen molar-refractivity contribution in [3.05, 3.63) is 71.5 Å². The molecule has 7 heteroatoms. The van der Waals surface area contributed by atoms with Gasteiger partial charge in [-0.2, -0.15) is 10.1 Å². The van der Waals surface area contributed by atoms with Gasteiger partial charge in [0.2, 0.25) is 11.8 Å². The van der Waals surface area contributed by atoms with Gasteiger partial charge in [-0.25, -0.2) is 5.43 Å². The topological polar surface area (TPSA) is 101 Å². The van der Waals surface area contributed by atoms with Crippen LogP contribution in [0.5, 0.6) is 5.88 Å². The number of hydrogen-bond donors (Lipinski definition) is 4. The monoisotopic (exact) mass is 368 g/mol. The molecule has 4 N–H and O–H groups in total. The highest BCUT2D eigenvalue weighted by Crippen LogP contribution is 2.33. The summed E-state index contributed by atoms with van der Waals surface area (Å²) in [5, 5.41) is 15.4. The molecule has 0 radical (unpaired) electrons. The van der Waals surface area contributed by atoms with Crippen LogP contribution in [0.1, 0.15) is 16.8 Å². The first kappa shape index (κ1) is 16.1. The zero-order valence-corrected chi connectivity index (χ0v) is 14.7. The number of nitrogens with zero attached hydrogens (tertiary/aromatic N) is 3. The Morgan fingerprint density at radius 2 is 1.93 bits per heavy atom. The number of para-hydroxylation sites is 2. The number of H-pyrrole nitrogens is 2. The van der Waals surface area contributed by atoms with Crippen molar-refractivity contribution in [1.29, 1.82) is 0 Å². The third kappa shape index (κ3) is 2.84. The van der Waals surface area contributed by atoms with Crippen LogP contribution >= 0.6 is 0 Å². The first-order valence-electron chi connectivity index (χ1n) is 8.77. The number of aromatic hydroxyl groups is 1. The SMILES string of the molecule is Oc1nc(N/N=C/c2c[nH]c3ccccc23)[nH]c1C=C1C=Nc2ccccc21. The zero-order valence-electron chi connectivity index (χ0n) is 14.7. The Labute approximate surface area is 160 Å². The minimum absolute atomic E-state index is 0.102. The third-order valence-electron chi connectivity index (χ3n) is 4.56. The molecule has 2 aromatic heterocycles. The van der Waals surface area contributed by atoms with Crippen LogP contribution in [-0.2, 0) is 0 Å². The predicted molar refractivity (Wildman–Crippen MR) is 112 cm³/mol. The Hall–Kier alpha value is -4.13. The lowest BCUT2D eigenvalue weighted by molar-refractivity contribution is 0.455. The third-order valence-corrected chi connectivity index (χ3v) is 4.56. The summed E-state index contributed by atoms with van der Waals surface area (Å²) in [4.78, 5) is 14.7. The quantitative estimate of drug-likeness (QED) is 0.319. The molecule has 5 rings (SSSR count). The fourth-order valence-corrected chi connectivity index (χ4v) is 3.20. The smallest absolute Gasteiger partial charge is 0.238 e. The maximum absolute atomic E-state index is 10.1. The molecule has 0 spiro atoms. The summed E-state index contributed by atoms with van der Waals surface area (Å²) >= 11 is 0. The first-order chi connectivity index (χ1) is 13.8. The Kier molecular flexibility index (Phi) is 3.76. The molecule has 0 saturated heterocycles. The number of nitrogens with one attached hydrogen (secondary N) is 3. The molecule has 28 heavy (non-hydrogen) atoms. The summed E-state index contributed by atoms with van der Waals surface area (Å²) < 4.78 is 0. The van der Waals surface area contributed by atoms with Gasteiger partial charge in [0.25, 0.3) is 0 Å². The molecular weight excluding hydrogens is 352 g/mol. The van der Waals surface area contributed by atoms with E-state index in [9.17, 15) is 5.11 Å². The van der Waals surface area contributed by atoms with Gasteiger partial charge < -0.3 is 15.1 Å². The van der Waals surface area contributed by atoms with Crippen LogP contribution in [-0.4, -0.2) is 32.5 Å². The number of hydrogen-bond acceptors (Lipinski definition) is 5. The molecule has 1 aliphatic heterocycles. The van der Waals surface area contributed by atoms with E-state index in [0.29, 0.717) is 11.6 Å². The average Bonchev–Trinajstić information content (AvgIpc) is 3.41. The second-order valence-corrected chi connectivity index (χ2v) is 6.36. The van der Waals surface area contributed by atoms with Crippen molar-refractivity contribution in [2.45, 2.75) is 0 Å². The highest BCUT2D eigenvalue weighted by atomic mass is 16.3. The molecule has 3 heterocycles. The van der Waals surface area contributed by atoms with Crippen molar-refractivity contribution in [2.75, 3.05) is 5.43 Å². The van der Waals surface area contributed by atoms with Gasteiger partial charge in [0, 0.05) is 40.0 Å². The number of benzene rings is 2. The molecular formula is C21H16N6O. The van der Waals surface area contributed by atoms with Crippen LogP contribution < -0.4 is 5.43 Å². The number of aromatic amines is 2. The highest BCUT2D eigenvalue weighted by molar-refractivity contribution is 6.21. The van der Waals surface area contributed by atoms with Crippen molar-refractivity contribution < 1.29 is 5.11 Å². The van der Waals surface area contributed by atoms with Crippen LogP contribution in [0.2, 0.25) is 0 Å². The van der Waals surface area contributed by atoms with Gasteiger partial charge in [-0.1, -0.05) is 36.4 Å². The molecule has 4 aromatic rings. The van der Waals surface area contributed by atoms with Gasteiger partial charge in [-0.05, 0) is 18.2 Å². The minimum atomic E-state index is -0.102. The van der Waals surface area contributed by atoms with Crippen molar-refractivity contribution in [3.8, 4) is 5.88 Å². The molecule has 1 aliphatic rings. The molecule has 136 valence electrons. The van der Waals surface area contributed by atoms with Gasteiger partial charge in [0.1, 0.15) is 5.69 Å². The second-order valence-electron chi connectivity index (χ2n) is 6.36. The number of anilines is 1. The Morgan fingerprint density at radius 1 is 1.07 bits per heavy atom. The lowest BCUT2D eigenvalue weighted by atomic mass is 10.1. The molecule has 0 bridgehead atoms. The number of aliphatic imine (C=N–C) groups is 1.